The first kappa shape index (κ1) is 17.8. The Labute approximate surface area is 151 Å². The van der Waals surface area contributed by atoms with E-state index in [1.807, 2.05) is 60.7 Å². The van der Waals surface area contributed by atoms with Gasteiger partial charge in [0.1, 0.15) is 19.2 Å². The number of rotatable bonds is 9. The lowest BCUT2D eigenvalue weighted by Crippen LogP contribution is -2.26. The fourth-order valence-electron chi connectivity index (χ4n) is 2.53. The van der Waals surface area contributed by atoms with Crippen LogP contribution in [-0.2, 0) is 36.1 Å². The highest BCUT2D eigenvalue weighted by Crippen LogP contribution is 2.04. The first-order chi connectivity index (χ1) is 12.8. The molecule has 3 aromatic rings. The molecule has 0 unspecified atom stereocenters. The number of carbonyl (C=O) groups is 1. The Morgan fingerprint density at radius 2 is 1.35 bits per heavy atom. The maximum absolute atomic E-state index is 12.4. The van der Waals surface area contributed by atoms with Crippen LogP contribution in [0, 0.1) is 0 Å². The van der Waals surface area contributed by atoms with Gasteiger partial charge in [-0.05, 0) is 11.1 Å². The molecule has 0 aliphatic heterocycles. The molecule has 6 nitrogen and oxygen atoms in total. The predicted molar refractivity (Wildman–Crippen MR) is 96.5 cm³/mol. The highest BCUT2D eigenvalue weighted by Gasteiger charge is 2.11. The molecule has 0 aliphatic rings. The van der Waals surface area contributed by atoms with Crippen molar-refractivity contribution in [1.82, 2.24) is 9.13 Å². The first-order valence-electron chi connectivity index (χ1n) is 8.26. The zero-order valence-corrected chi connectivity index (χ0v) is 14.3. The second kappa shape index (κ2) is 8.94. The van der Waals surface area contributed by atoms with Gasteiger partial charge in [-0.25, -0.2) is 4.79 Å². The molecule has 0 radical (unpaired) electrons. The van der Waals surface area contributed by atoms with E-state index in [0.717, 1.165) is 11.1 Å². The second-order valence-corrected chi connectivity index (χ2v) is 5.78. The molecule has 3 rings (SSSR count). The minimum Gasteiger partial charge on any atom is -0.356 e. The molecule has 0 spiro atoms. The van der Waals surface area contributed by atoms with E-state index in [-0.39, 0.29) is 24.8 Å². The van der Waals surface area contributed by atoms with Crippen LogP contribution in [0.25, 0.3) is 0 Å². The van der Waals surface area contributed by atoms with Crippen LogP contribution >= 0.6 is 0 Å². The summed E-state index contributed by atoms with van der Waals surface area (Å²) in [6.45, 7) is 0.828. The molecular formula is C20H20N2O4. The summed E-state index contributed by atoms with van der Waals surface area (Å²) in [7, 11) is 0. The van der Waals surface area contributed by atoms with Crippen molar-refractivity contribution in [2.24, 2.45) is 0 Å². The number of imidazole rings is 1. The average Bonchev–Trinajstić information content (AvgIpc) is 2.99. The lowest BCUT2D eigenvalue weighted by atomic mass is 10.2. The average molecular weight is 352 g/mol. The van der Waals surface area contributed by atoms with Gasteiger partial charge < -0.3 is 9.47 Å². The third-order valence-electron chi connectivity index (χ3n) is 3.87. The summed E-state index contributed by atoms with van der Waals surface area (Å²) < 4.78 is 13.8. The van der Waals surface area contributed by atoms with Crippen LogP contribution in [0.15, 0.2) is 71.7 Å². The summed E-state index contributed by atoms with van der Waals surface area (Å²) in [5, 5.41) is 0. The zero-order chi connectivity index (χ0) is 18.2. The highest BCUT2D eigenvalue weighted by molar-refractivity contribution is 5.71. The molecule has 134 valence electrons. The van der Waals surface area contributed by atoms with E-state index in [9.17, 15) is 9.59 Å². The van der Waals surface area contributed by atoms with Gasteiger partial charge in [0.15, 0.2) is 6.29 Å². The SMILES string of the molecule is O=Cc1cn(COCc2ccccc2)c(=O)n1COCc1ccccc1. The zero-order valence-electron chi connectivity index (χ0n) is 14.3. The number of hydrogen-bond acceptors (Lipinski definition) is 4. The van der Waals surface area contributed by atoms with Crippen LogP contribution in [-0.4, -0.2) is 15.4 Å². The van der Waals surface area contributed by atoms with E-state index < -0.39 is 0 Å². The topological polar surface area (TPSA) is 62.5 Å². The molecule has 1 heterocycles. The predicted octanol–water partition coefficient (Wildman–Crippen LogP) is 2.81. The van der Waals surface area contributed by atoms with Crippen molar-refractivity contribution in [3.63, 3.8) is 0 Å². The Balaban J connectivity index is 1.59. The normalized spacial score (nSPS) is 10.8. The van der Waals surface area contributed by atoms with Gasteiger partial charge in [0.25, 0.3) is 0 Å². The maximum Gasteiger partial charge on any atom is 0.332 e. The van der Waals surface area contributed by atoms with E-state index in [2.05, 4.69) is 0 Å². The highest BCUT2D eigenvalue weighted by atomic mass is 16.5. The Bertz CT molecular complexity index is 885. The van der Waals surface area contributed by atoms with Crippen LogP contribution in [0.4, 0.5) is 0 Å². The number of aromatic nitrogens is 2. The number of hydrogen-bond donors (Lipinski definition) is 0. The summed E-state index contributed by atoms with van der Waals surface area (Å²) in [6, 6.07) is 19.3. The Hall–Kier alpha value is -2.96. The van der Waals surface area contributed by atoms with E-state index in [0.29, 0.717) is 19.5 Å². The molecule has 2 aromatic carbocycles. The first-order valence-corrected chi connectivity index (χ1v) is 8.26. The number of benzene rings is 2. The van der Waals surface area contributed by atoms with E-state index >= 15 is 0 Å². The molecule has 0 saturated heterocycles. The fraction of sp³-hybridized carbons (Fsp3) is 0.200. The number of ether oxygens (including phenoxy) is 2. The molecule has 1 aromatic heterocycles. The van der Waals surface area contributed by atoms with Crippen LogP contribution in [0.2, 0.25) is 0 Å². The minimum atomic E-state index is -0.340. The van der Waals surface area contributed by atoms with Crippen molar-refractivity contribution in [2.45, 2.75) is 26.7 Å². The summed E-state index contributed by atoms with van der Waals surface area (Å²) in [5.41, 5.74) is 1.93. The van der Waals surface area contributed by atoms with Crippen LogP contribution < -0.4 is 5.69 Å². The molecule has 0 atom stereocenters. The van der Waals surface area contributed by atoms with Gasteiger partial charge in [-0.1, -0.05) is 60.7 Å². The van der Waals surface area contributed by atoms with Crippen molar-refractivity contribution in [1.29, 1.82) is 0 Å². The van der Waals surface area contributed by atoms with E-state index in [1.54, 1.807) is 0 Å². The summed E-state index contributed by atoms with van der Waals surface area (Å²) in [6.07, 6.45) is 2.12. The van der Waals surface area contributed by atoms with Gasteiger partial charge in [0, 0.05) is 6.20 Å². The van der Waals surface area contributed by atoms with Crippen molar-refractivity contribution < 1.29 is 14.3 Å². The van der Waals surface area contributed by atoms with Crippen molar-refractivity contribution >= 4 is 6.29 Å². The number of carbonyl (C=O) groups excluding carboxylic acids is 1. The van der Waals surface area contributed by atoms with Gasteiger partial charge in [-0.2, -0.15) is 0 Å². The lowest BCUT2D eigenvalue weighted by molar-refractivity contribution is 0.0504. The van der Waals surface area contributed by atoms with Gasteiger partial charge >= 0.3 is 5.69 Å². The molecule has 0 amide bonds. The summed E-state index contributed by atoms with van der Waals surface area (Å²) >= 11 is 0. The molecule has 0 bridgehead atoms. The van der Waals surface area contributed by atoms with Gasteiger partial charge in [0.2, 0.25) is 0 Å². The molecule has 0 saturated carbocycles. The van der Waals surface area contributed by atoms with Crippen molar-refractivity contribution in [2.75, 3.05) is 0 Å². The fourth-order valence-corrected chi connectivity index (χ4v) is 2.53. The standard InChI is InChI=1S/C20H20N2O4/c23-12-19-11-21(15-25-13-17-7-3-1-4-8-17)20(24)22(19)16-26-14-18-9-5-2-6-10-18/h1-12H,13-16H2. The summed E-state index contributed by atoms with van der Waals surface area (Å²) in [4.78, 5) is 23.7. The lowest BCUT2D eigenvalue weighted by Gasteiger charge is -2.06. The van der Waals surface area contributed by atoms with E-state index in [4.69, 9.17) is 9.47 Å². The van der Waals surface area contributed by atoms with E-state index in [1.165, 1.54) is 15.3 Å². The molecule has 0 fully saturated rings. The van der Waals surface area contributed by atoms with Gasteiger partial charge in [-0.3, -0.25) is 13.9 Å². The maximum atomic E-state index is 12.4. The third-order valence-corrected chi connectivity index (χ3v) is 3.87. The molecule has 0 N–H and O–H groups in total. The third kappa shape index (κ3) is 4.56. The molecule has 6 heteroatoms. The van der Waals surface area contributed by atoms with Crippen molar-refractivity contribution in [3.05, 3.63) is 94.2 Å². The largest absolute Gasteiger partial charge is 0.356 e. The number of nitrogens with zero attached hydrogens (tertiary/aromatic N) is 2. The Morgan fingerprint density at radius 1 is 0.808 bits per heavy atom. The summed E-state index contributed by atoms with van der Waals surface area (Å²) in [5.74, 6) is 0. The molecular weight excluding hydrogens is 332 g/mol. The molecule has 26 heavy (non-hydrogen) atoms. The Kier molecular flexibility index (Phi) is 6.14. The second-order valence-electron chi connectivity index (χ2n) is 5.78. The molecule has 0 aliphatic carbocycles. The van der Waals surface area contributed by atoms with Crippen LogP contribution in [0.3, 0.4) is 0 Å². The smallest absolute Gasteiger partial charge is 0.332 e. The Morgan fingerprint density at radius 3 is 1.88 bits per heavy atom. The van der Waals surface area contributed by atoms with Crippen LogP contribution in [0.5, 0.6) is 0 Å². The van der Waals surface area contributed by atoms with Crippen LogP contribution in [0.1, 0.15) is 21.6 Å². The number of aldehydes is 1. The van der Waals surface area contributed by atoms with Gasteiger partial charge in [-0.15, -0.1) is 0 Å². The van der Waals surface area contributed by atoms with Crippen molar-refractivity contribution in [3.8, 4) is 0 Å². The quantitative estimate of drug-likeness (QED) is 0.556. The minimum absolute atomic E-state index is 0.00743. The monoisotopic (exact) mass is 352 g/mol. The van der Waals surface area contributed by atoms with Gasteiger partial charge in [0.05, 0.1) is 13.2 Å².